The maximum absolute atomic E-state index is 11.8. The first-order valence-electron chi connectivity index (χ1n) is 4.93. The van der Waals surface area contributed by atoms with Crippen molar-refractivity contribution in [2.45, 2.75) is 6.92 Å². The van der Waals surface area contributed by atoms with Gasteiger partial charge in [0.25, 0.3) is 5.91 Å². The Morgan fingerprint density at radius 1 is 1.53 bits per heavy atom. The summed E-state index contributed by atoms with van der Waals surface area (Å²) in [6.07, 6.45) is 2.99. The number of halogens is 1. The highest BCUT2D eigenvalue weighted by Gasteiger charge is 2.11. The van der Waals surface area contributed by atoms with E-state index >= 15 is 0 Å². The molecule has 0 aliphatic heterocycles. The van der Waals surface area contributed by atoms with E-state index in [1.807, 2.05) is 13.0 Å². The third-order valence-electron chi connectivity index (χ3n) is 2.33. The van der Waals surface area contributed by atoms with Crippen LogP contribution in [0.15, 0.2) is 29.0 Å². The van der Waals surface area contributed by atoms with Crippen LogP contribution in [0.25, 0.3) is 0 Å². The van der Waals surface area contributed by atoms with Crippen molar-refractivity contribution in [2.24, 2.45) is 0 Å². The number of benzene rings is 1. The Morgan fingerprint density at radius 3 is 2.88 bits per heavy atom. The number of aromatic amines is 1. The van der Waals surface area contributed by atoms with E-state index in [-0.39, 0.29) is 5.91 Å². The van der Waals surface area contributed by atoms with Crippen molar-refractivity contribution in [3.05, 3.63) is 40.1 Å². The largest absolute Gasteiger partial charge is 0.397 e. The predicted molar refractivity (Wildman–Crippen MR) is 69.8 cm³/mol. The number of nitrogens with two attached hydrogens (primary N) is 1. The van der Waals surface area contributed by atoms with Gasteiger partial charge in [0, 0.05) is 10.7 Å². The third kappa shape index (κ3) is 2.47. The highest BCUT2D eigenvalue weighted by atomic mass is 79.9. The SMILES string of the molecule is Cc1cc(Br)cc(N)c1NC(=O)c1cn[nH]c1. The van der Waals surface area contributed by atoms with Gasteiger partial charge in [-0.05, 0) is 24.6 Å². The van der Waals surface area contributed by atoms with Crippen LogP contribution < -0.4 is 11.1 Å². The van der Waals surface area contributed by atoms with Crippen LogP contribution in [0, 0.1) is 6.92 Å². The number of anilines is 2. The van der Waals surface area contributed by atoms with Crippen molar-refractivity contribution in [3.8, 4) is 0 Å². The second kappa shape index (κ2) is 4.58. The van der Waals surface area contributed by atoms with Gasteiger partial charge >= 0.3 is 0 Å². The van der Waals surface area contributed by atoms with Gasteiger partial charge in [-0.2, -0.15) is 5.10 Å². The molecule has 0 aliphatic rings. The molecule has 1 aromatic carbocycles. The summed E-state index contributed by atoms with van der Waals surface area (Å²) in [7, 11) is 0. The molecule has 0 radical (unpaired) electrons. The first-order chi connectivity index (χ1) is 8.08. The first-order valence-corrected chi connectivity index (χ1v) is 5.73. The molecule has 1 amide bonds. The fourth-order valence-corrected chi connectivity index (χ4v) is 2.09. The number of rotatable bonds is 2. The summed E-state index contributed by atoms with van der Waals surface area (Å²) in [5.74, 6) is -0.240. The molecule has 0 fully saturated rings. The van der Waals surface area contributed by atoms with Crippen molar-refractivity contribution in [1.29, 1.82) is 0 Å². The van der Waals surface area contributed by atoms with E-state index in [2.05, 4.69) is 31.4 Å². The van der Waals surface area contributed by atoms with E-state index < -0.39 is 0 Å². The lowest BCUT2D eigenvalue weighted by atomic mass is 10.1. The molecule has 0 spiro atoms. The summed E-state index contributed by atoms with van der Waals surface area (Å²) in [6, 6.07) is 3.64. The van der Waals surface area contributed by atoms with Gasteiger partial charge in [-0.3, -0.25) is 9.89 Å². The molecule has 2 rings (SSSR count). The molecule has 0 saturated carbocycles. The van der Waals surface area contributed by atoms with Crippen molar-refractivity contribution in [1.82, 2.24) is 10.2 Å². The Morgan fingerprint density at radius 2 is 2.29 bits per heavy atom. The molecule has 0 saturated heterocycles. The summed E-state index contributed by atoms with van der Waals surface area (Å²) in [6.45, 7) is 1.88. The minimum atomic E-state index is -0.240. The van der Waals surface area contributed by atoms with E-state index in [1.165, 1.54) is 12.4 Å². The topological polar surface area (TPSA) is 83.8 Å². The van der Waals surface area contributed by atoms with Crippen molar-refractivity contribution in [2.75, 3.05) is 11.1 Å². The van der Waals surface area contributed by atoms with Crippen LogP contribution in [0.2, 0.25) is 0 Å². The number of nitrogens with one attached hydrogen (secondary N) is 2. The van der Waals surface area contributed by atoms with Crippen molar-refractivity contribution in [3.63, 3.8) is 0 Å². The number of carbonyl (C=O) groups excluding carboxylic acids is 1. The van der Waals surface area contributed by atoms with Gasteiger partial charge in [0.15, 0.2) is 0 Å². The van der Waals surface area contributed by atoms with Gasteiger partial charge in [-0.1, -0.05) is 15.9 Å². The van der Waals surface area contributed by atoms with Gasteiger partial charge < -0.3 is 11.1 Å². The minimum Gasteiger partial charge on any atom is -0.397 e. The third-order valence-corrected chi connectivity index (χ3v) is 2.79. The second-order valence-corrected chi connectivity index (χ2v) is 4.54. The predicted octanol–water partition coefficient (Wildman–Crippen LogP) is 2.32. The van der Waals surface area contributed by atoms with Gasteiger partial charge in [0.05, 0.1) is 23.1 Å². The highest BCUT2D eigenvalue weighted by Crippen LogP contribution is 2.28. The average molecular weight is 295 g/mol. The van der Waals surface area contributed by atoms with E-state index in [4.69, 9.17) is 5.73 Å². The molecule has 1 heterocycles. The maximum Gasteiger partial charge on any atom is 0.258 e. The summed E-state index contributed by atoms with van der Waals surface area (Å²) >= 11 is 3.34. The number of aromatic nitrogens is 2. The standard InChI is InChI=1S/C11H11BrN4O/c1-6-2-8(12)3-9(13)10(6)16-11(17)7-4-14-15-5-7/h2-5H,13H2,1H3,(H,14,15)(H,16,17). The molecule has 2 aromatic rings. The van der Waals surface area contributed by atoms with Crippen LogP contribution in [0.5, 0.6) is 0 Å². The van der Waals surface area contributed by atoms with Gasteiger partial charge in [0.1, 0.15) is 0 Å². The summed E-state index contributed by atoms with van der Waals surface area (Å²) in [5, 5.41) is 9.07. The van der Waals surface area contributed by atoms with Crippen LogP contribution in [-0.4, -0.2) is 16.1 Å². The number of hydrogen-bond donors (Lipinski definition) is 3. The Bertz CT molecular complexity index is 528. The number of carbonyl (C=O) groups is 1. The minimum absolute atomic E-state index is 0.240. The molecule has 0 bridgehead atoms. The molecule has 0 unspecified atom stereocenters. The molecule has 5 nitrogen and oxygen atoms in total. The van der Waals surface area contributed by atoms with Gasteiger partial charge in [-0.15, -0.1) is 0 Å². The number of aryl methyl sites for hydroxylation is 1. The Kier molecular flexibility index (Phi) is 3.14. The lowest BCUT2D eigenvalue weighted by molar-refractivity contribution is 0.102. The lowest BCUT2D eigenvalue weighted by Gasteiger charge is -2.11. The molecular formula is C11H11BrN4O. The van der Waals surface area contributed by atoms with Crippen LogP contribution in [0.1, 0.15) is 15.9 Å². The second-order valence-electron chi connectivity index (χ2n) is 3.63. The molecule has 0 atom stereocenters. The Labute approximate surface area is 107 Å². The summed E-state index contributed by atoms with van der Waals surface area (Å²) in [5.41, 5.74) is 8.36. The van der Waals surface area contributed by atoms with Crippen LogP contribution in [0.3, 0.4) is 0 Å². The lowest BCUT2D eigenvalue weighted by Crippen LogP contribution is -2.13. The van der Waals surface area contributed by atoms with E-state index in [1.54, 1.807) is 6.07 Å². The molecule has 17 heavy (non-hydrogen) atoms. The normalized spacial score (nSPS) is 10.2. The molecule has 4 N–H and O–H groups in total. The monoisotopic (exact) mass is 294 g/mol. The highest BCUT2D eigenvalue weighted by molar-refractivity contribution is 9.10. The fraction of sp³-hybridized carbons (Fsp3) is 0.0909. The number of nitrogen functional groups attached to an aromatic ring is 1. The van der Waals surface area contributed by atoms with E-state index in [0.29, 0.717) is 16.9 Å². The smallest absolute Gasteiger partial charge is 0.258 e. The molecule has 1 aromatic heterocycles. The zero-order chi connectivity index (χ0) is 12.4. The number of nitrogens with zero attached hydrogens (tertiary/aromatic N) is 1. The number of H-pyrrole nitrogens is 1. The van der Waals surface area contributed by atoms with E-state index in [0.717, 1.165) is 10.0 Å². The van der Waals surface area contributed by atoms with Crippen LogP contribution in [0.4, 0.5) is 11.4 Å². The Hall–Kier alpha value is -1.82. The quantitative estimate of drug-likeness (QED) is 0.743. The maximum atomic E-state index is 11.8. The number of amides is 1. The molecule has 6 heteroatoms. The zero-order valence-corrected chi connectivity index (χ0v) is 10.7. The Balaban J connectivity index is 2.28. The van der Waals surface area contributed by atoms with Crippen LogP contribution >= 0.6 is 15.9 Å². The van der Waals surface area contributed by atoms with Gasteiger partial charge in [-0.25, -0.2) is 0 Å². The number of hydrogen-bond acceptors (Lipinski definition) is 3. The summed E-state index contributed by atoms with van der Waals surface area (Å²) < 4.78 is 0.883. The van der Waals surface area contributed by atoms with Crippen LogP contribution in [-0.2, 0) is 0 Å². The van der Waals surface area contributed by atoms with E-state index in [9.17, 15) is 4.79 Å². The summed E-state index contributed by atoms with van der Waals surface area (Å²) in [4.78, 5) is 11.8. The van der Waals surface area contributed by atoms with Crippen molar-refractivity contribution >= 4 is 33.2 Å². The fourth-order valence-electron chi connectivity index (χ4n) is 1.50. The molecule has 0 aliphatic carbocycles. The van der Waals surface area contributed by atoms with Crippen molar-refractivity contribution < 1.29 is 4.79 Å². The zero-order valence-electron chi connectivity index (χ0n) is 9.12. The van der Waals surface area contributed by atoms with Gasteiger partial charge in [0.2, 0.25) is 0 Å². The average Bonchev–Trinajstić information content (AvgIpc) is 2.76. The first kappa shape index (κ1) is 11.7. The molecular weight excluding hydrogens is 284 g/mol. The molecule has 88 valence electrons.